The van der Waals surface area contributed by atoms with Crippen LogP contribution in [0.4, 0.5) is 11.4 Å². The van der Waals surface area contributed by atoms with E-state index < -0.39 is 4.92 Å². The van der Waals surface area contributed by atoms with Crippen molar-refractivity contribution in [3.63, 3.8) is 0 Å². The van der Waals surface area contributed by atoms with E-state index in [-0.39, 0.29) is 22.9 Å². The van der Waals surface area contributed by atoms with Crippen LogP contribution in [0.3, 0.4) is 0 Å². The lowest BCUT2D eigenvalue weighted by atomic mass is 10.1. The monoisotopic (exact) mass is 474 g/mol. The first kappa shape index (κ1) is 23.2. The molecule has 0 radical (unpaired) electrons. The lowest BCUT2D eigenvalue weighted by Crippen LogP contribution is -2.29. The highest BCUT2D eigenvalue weighted by Gasteiger charge is 2.19. The Labute approximate surface area is 200 Å². The third-order valence-electron chi connectivity index (χ3n) is 5.71. The van der Waals surface area contributed by atoms with Crippen LogP contribution in [-0.2, 0) is 4.79 Å². The number of carbonyl (C=O) groups is 1. The number of nitro groups is 1. The molecule has 9 heteroatoms. The van der Waals surface area contributed by atoms with E-state index >= 15 is 0 Å². The van der Waals surface area contributed by atoms with E-state index in [4.69, 9.17) is 4.98 Å². The number of rotatable bonds is 6. The minimum atomic E-state index is -0.487. The van der Waals surface area contributed by atoms with Gasteiger partial charge in [0.1, 0.15) is 0 Å². The summed E-state index contributed by atoms with van der Waals surface area (Å²) in [6, 6.07) is 18.7. The molecule has 1 amide bonds. The van der Waals surface area contributed by atoms with Gasteiger partial charge in [-0.1, -0.05) is 36.0 Å². The number of non-ortho nitro benzene ring substituents is 1. The fraction of sp³-hybridized carbons (Fsp3) is 0.160. The van der Waals surface area contributed by atoms with Crippen molar-refractivity contribution in [2.45, 2.75) is 19.0 Å². The van der Waals surface area contributed by atoms with Crippen LogP contribution < -0.4 is 10.5 Å². The highest BCUT2D eigenvalue weighted by molar-refractivity contribution is 7.99. The number of amides is 1. The van der Waals surface area contributed by atoms with Crippen molar-refractivity contribution < 1.29 is 9.72 Å². The van der Waals surface area contributed by atoms with Crippen LogP contribution in [0.25, 0.3) is 16.6 Å². The summed E-state index contributed by atoms with van der Waals surface area (Å²) in [6.45, 7) is 3.93. The molecule has 34 heavy (non-hydrogen) atoms. The Hall–Kier alpha value is -3.98. The van der Waals surface area contributed by atoms with Gasteiger partial charge in [0, 0.05) is 24.9 Å². The molecule has 0 N–H and O–H groups in total. The largest absolute Gasteiger partial charge is 0.315 e. The first-order valence-electron chi connectivity index (χ1n) is 10.5. The van der Waals surface area contributed by atoms with Gasteiger partial charge in [0.2, 0.25) is 5.91 Å². The minimum Gasteiger partial charge on any atom is -0.315 e. The average molecular weight is 475 g/mol. The second kappa shape index (κ2) is 9.48. The van der Waals surface area contributed by atoms with Crippen molar-refractivity contribution in [1.82, 2.24) is 9.55 Å². The molecule has 0 saturated carbocycles. The number of hydrogen-bond acceptors (Lipinski definition) is 6. The zero-order valence-corrected chi connectivity index (χ0v) is 19.7. The van der Waals surface area contributed by atoms with Gasteiger partial charge in [-0.2, -0.15) is 0 Å². The fourth-order valence-corrected chi connectivity index (χ4v) is 4.48. The number of thioether (sulfide) groups is 1. The van der Waals surface area contributed by atoms with Gasteiger partial charge >= 0.3 is 0 Å². The number of aromatic nitrogens is 2. The molecule has 4 aromatic rings. The van der Waals surface area contributed by atoms with E-state index in [1.54, 1.807) is 29.8 Å². The number of anilines is 1. The lowest BCUT2D eigenvalue weighted by molar-refractivity contribution is -0.384. The average Bonchev–Trinajstić information content (AvgIpc) is 2.84. The van der Waals surface area contributed by atoms with Gasteiger partial charge in [-0.05, 0) is 55.3 Å². The zero-order valence-electron chi connectivity index (χ0n) is 18.9. The van der Waals surface area contributed by atoms with Crippen LogP contribution in [0.1, 0.15) is 11.1 Å². The Morgan fingerprint density at radius 2 is 1.76 bits per heavy atom. The molecule has 0 fully saturated rings. The predicted molar refractivity (Wildman–Crippen MR) is 134 cm³/mol. The van der Waals surface area contributed by atoms with Crippen molar-refractivity contribution >= 4 is 39.9 Å². The molecule has 0 saturated heterocycles. The van der Waals surface area contributed by atoms with Gasteiger partial charge in [-0.25, -0.2) is 4.98 Å². The molecule has 0 spiro atoms. The van der Waals surface area contributed by atoms with Crippen LogP contribution in [-0.4, -0.2) is 33.2 Å². The van der Waals surface area contributed by atoms with Crippen molar-refractivity contribution in [3.05, 3.63) is 98.3 Å². The molecule has 172 valence electrons. The summed E-state index contributed by atoms with van der Waals surface area (Å²) >= 11 is 1.18. The summed E-state index contributed by atoms with van der Waals surface area (Å²) < 4.78 is 1.56. The number of hydrogen-bond donors (Lipinski definition) is 0. The second-order valence-electron chi connectivity index (χ2n) is 7.79. The van der Waals surface area contributed by atoms with Gasteiger partial charge in [0.25, 0.3) is 11.2 Å². The number of benzene rings is 3. The minimum absolute atomic E-state index is 0.0309. The van der Waals surface area contributed by atoms with E-state index in [0.29, 0.717) is 21.7 Å². The highest BCUT2D eigenvalue weighted by atomic mass is 32.2. The zero-order chi connectivity index (χ0) is 24.4. The maximum absolute atomic E-state index is 13.5. The SMILES string of the molecule is Cc1cccc(-n2c(SCC(=O)N(C)c3ccc([N+](=O)[O-])cc3)nc3ccccc3c2=O)c1C. The molecule has 0 aliphatic rings. The molecule has 0 aliphatic carbocycles. The molecule has 0 atom stereocenters. The third kappa shape index (κ3) is 4.42. The first-order chi connectivity index (χ1) is 16.3. The lowest BCUT2D eigenvalue weighted by Gasteiger charge is -2.19. The van der Waals surface area contributed by atoms with Crippen LogP contribution >= 0.6 is 11.8 Å². The van der Waals surface area contributed by atoms with E-state index in [1.165, 1.54) is 40.9 Å². The van der Waals surface area contributed by atoms with Crippen molar-refractivity contribution in [2.24, 2.45) is 0 Å². The third-order valence-corrected chi connectivity index (χ3v) is 6.63. The molecule has 1 heterocycles. The number of fused-ring (bicyclic) bond motifs is 1. The summed E-state index contributed by atoms with van der Waals surface area (Å²) in [5.74, 6) is -0.197. The van der Waals surface area contributed by atoms with E-state index in [1.807, 2.05) is 38.1 Å². The fourth-order valence-electron chi connectivity index (χ4n) is 3.56. The van der Waals surface area contributed by atoms with Crippen LogP contribution in [0.2, 0.25) is 0 Å². The molecule has 8 nitrogen and oxygen atoms in total. The Kier molecular flexibility index (Phi) is 6.47. The summed E-state index contributed by atoms with van der Waals surface area (Å²) in [6.07, 6.45) is 0. The van der Waals surface area contributed by atoms with Gasteiger partial charge in [0.15, 0.2) is 5.16 Å². The van der Waals surface area contributed by atoms with Crippen molar-refractivity contribution in [1.29, 1.82) is 0 Å². The number of carbonyl (C=O) groups excluding carboxylic acids is 1. The van der Waals surface area contributed by atoms with Crippen molar-refractivity contribution in [3.8, 4) is 5.69 Å². The van der Waals surface area contributed by atoms with Crippen molar-refractivity contribution in [2.75, 3.05) is 17.7 Å². The number of nitro benzene ring substituents is 1. The molecule has 0 unspecified atom stereocenters. The topological polar surface area (TPSA) is 98.3 Å². The van der Waals surface area contributed by atoms with Gasteiger partial charge in [-0.15, -0.1) is 0 Å². The predicted octanol–water partition coefficient (Wildman–Crippen LogP) is 4.67. The Balaban J connectivity index is 1.68. The van der Waals surface area contributed by atoms with Crippen LogP contribution in [0, 0.1) is 24.0 Å². The van der Waals surface area contributed by atoms with Crippen LogP contribution in [0.15, 0.2) is 76.7 Å². The molecule has 3 aromatic carbocycles. The summed E-state index contributed by atoms with van der Waals surface area (Å²) in [5, 5.41) is 11.8. The van der Waals surface area contributed by atoms with Crippen LogP contribution in [0.5, 0.6) is 0 Å². The Morgan fingerprint density at radius 3 is 2.47 bits per heavy atom. The Bertz CT molecular complexity index is 1460. The van der Waals surface area contributed by atoms with Gasteiger partial charge in [-0.3, -0.25) is 24.3 Å². The highest BCUT2D eigenvalue weighted by Crippen LogP contribution is 2.26. The van der Waals surface area contributed by atoms with E-state index in [9.17, 15) is 19.7 Å². The summed E-state index contributed by atoms with van der Waals surface area (Å²) in [4.78, 5) is 42.9. The maximum atomic E-state index is 13.5. The quantitative estimate of drug-likeness (QED) is 0.174. The number of nitrogens with zero attached hydrogens (tertiary/aromatic N) is 4. The van der Waals surface area contributed by atoms with Gasteiger partial charge in [0.05, 0.1) is 27.3 Å². The number of para-hydroxylation sites is 1. The smallest absolute Gasteiger partial charge is 0.269 e. The maximum Gasteiger partial charge on any atom is 0.269 e. The Morgan fingerprint density at radius 1 is 1.06 bits per heavy atom. The second-order valence-corrected chi connectivity index (χ2v) is 8.73. The molecular formula is C25H22N4O4S. The summed E-state index contributed by atoms with van der Waals surface area (Å²) in [7, 11) is 1.61. The molecule has 1 aromatic heterocycles. The molecule has 0 aliphatic heterocycles. The summed E-state index contributed by atoms with van der Waals surface area (Å²) in [5.41, 5.74) is 3.58. The van der Waals surface area contributed by atoms with Gasteiger partial charge < -0.3 is 4.90 Å². The molecule has 4 rings (SSSR count). The standard InChI is InChI=1S/C25H22N4O4S/c1-16-7-6-10-22(17(16)2)28-24(31)20-8-4-5-9-21(20)26-25(28)34-15-23(30)27(3)18-11-13-19(14-12-18)29(32)33/h4-14H,15H2,1-3H3. The molecule has 0 bridgehead atoms. The first-order valence-corrected chi connectivity index (χ1v) is 11.5. The normalized spacial score (nSPS) is 10.9. The van der Waals surface area contributed by atoms with E-state index in [0.717, 1.165) is 16.8 Å². The van der Waals surface area contributed by atoms with E-state index in [2.05, 4.69) is 0 Å². The molecular weight excluding hydrogens is 452 g/mol. The number of aryl methyl sites for hydroxylation is 1.